The van der Waals surface area contributed by atoms with Crippen LogP contribution in [-0.4, -0.2) is 21.8 Å². The van der Waals surface area contributed by atoms with Gasteiger partial charge in [0.25, 0.3) is 11.7 Å². The number of benzene rings is 1. The first kappa shape index (κ1) is 12.8. The van der Waals surface area contributed by atoms with Crippen LogP contribution in [0.4, 0.5) is 5.69 Å². The molecule has 0 atom stereocenters. The predicted molar refractivity (Wildman–Crippen MR) is 70.6 cm³/mol. The number of anilines is 1. The molecule has 0 spiro atoms. The molecule has 1 aromatic carbocycles. The van der Waals surface area contributed by atoms with Crippen molar-refractivity contribution in [3.8, 4) is 0 Å². The Bertz CT molecular complexity index is 711. The molecule has 20 heavy (non-hydrogen) atoms. The second-order valence-corrected chi connectivity index (χ2v) is 4.78. The van der Waals surface area contributed by atoms with Gasteiger partial charge in [-0.1, -0.05) is 23.7 Å². The van der Waals surface area contributed by atoms with Crippen molar-refractivity contribution in [3.05, 3.63) is 40.5 Å². The van der Waals surface area contributed by atoms with Crippen LogP contribution in [0.2, 0.25) is 5.02 Å². The Hall–Kier alpha value is -2.21. The zero-order valence-corrected chi connectivity index (χ0v) is 11.3. The topological polar surface area (TPSA) is 76.3 Å². The van der Waals surface area contributed by atoms with E-state index >= 15 is 0 Å². The third-order valence-corrected chi connectivity index (χ3v) is 3.29. The smallest absolute Gasteiger partial charge is 0.299 e. The number of fused-ring (bicyclic) bond motifs is 1. The Balaban J connectivity index is 1.96. The monoisotopic (exact) mass is 291 g/mol. The first-order chi connectivity index (χ1) is 9.60. The zero-order chi connectivity index (χ0) is 14.3. The van der Waals surface area contributed by atoms with Crippen LogP contribution in [0.5, 0.6) is 0 Å². The Morgan fingerprint density at radius 3 is 2.85 bits per heavy atom. The molecule has 2 aromatic rings. The van der Waals surface area contributed by atoms with E-state index in [1.807, 2.05) is 6.92 Å². The molecule has 0 saturated carbocycles. The van der Waals surface area contributed by atoms with Crippen LogP contribution in [0, 0.1) is 0 Å². The highest BCUT2D eigenvalue weighted by Crippen LogP contribution is 2.32. The summed E-state index contributed by atoms with van der Waals surface area (Å²) < 4.78 is 5.05. The highest BCUT2D eigenvalue weighted by atomic mass is 35.5. The minimum Gasteiger partial charge on any atom is -0.337 e. The summed E-state index contributed by atoms with van der Waals surface area (Å²) in [7, 11) is 0. The van der Waals surface area contributed by atoms with Gasteiger partial charge in [0.2, 0.25) is 5.89 Å². The van der Waals surface area contributed by atoms with Gasteiger partial charge in [-0.15, -0.1) is 0 Å². The summed E-state index contributed by atoms with van der Waals surface area (Å²) in [6.07, 6.45) is 0.638. The van der Waals surface area contributed by atoms with E-state index in [1.54, 1.807) is 18.2 Å². The maximum absolute atomic E-state index is 12.0. The number of carbonyl (C=O) groups is 2. The third-order valence-electron chi connectivity index (χ3n) is 3.05. The van der Waals surface area contributed by atoms with Gasteiger partial charge in [-0.3, -0.25) is 14.5 Å². The molecule has 102 valence electrons. The van der Waals surface area contributed by atoms with Gasteiger partial charge in [0.1, 0.15) is 6.54 Å². The SMILES string of the molecule is CCc1noc(CN2C(=O)C(=O)c3ccc(Cl)cc32)n1. The first-order valence-corrected chi connectivity index (χ1v) is 6.45. The lowest BCUT2D eigenvalue weighted by Gasteiger charge is -2.13. The molecule has 1 aliphatic heterocycles. The van der Waals surface area contributed by atoms with Gasteiger partial charge in [-0.2, -0.15) is 4.98 Å². The molecule has 2 heterocycles. The van der Waals surface area contributed by atoms with E-state index in [1.165, 1.54) is 4.90 Å². The maximum Gasteiger partial charge on any atom is 0.299 e. The minimum atomic E-state index is -0.612. The number of rotatable bonds is 3. The van der Waals surface area contributed by atoms with Crippen LogP contribution in [-0.2, 0) is 17.8 Å². The van der Waals surface area contributed by atoms with Gasteiger partial charge < -0.3 is 4.52 Å². The second kappa shape index (κ2) is 4.72. The number of aromatic nitrogens is 2. The minimum absolute atomic E-state index is 0.0604. The van der Waals surface area contributed by atoms with E-state index < -0.39 is 11.7 Å². The van der Waals surface area contributed by atoms with Gasteiger partial charge in [0.15, 0.2) is 5.82 Å². The lowest BCUT2D eigenvalue weighted by molar-refractivity contribution is -0.114. The van der Waals surface area contributed by atoms with Crippen molar-refractivity contribution in [3.63, 3.8) is 0 Å². The molecular weight excluding hydrogens is 282 g/mol. The van der Waals surface area contributed by atoms with Crippen molar-refractivity contribution < 1.29 is 14.1 Å². The van der Waals surface area contributed by atoms with Crippen molar-refractivity contribution in [1.29, 1.82) is 0 Å². The molecule has 6 nitrogen and oxygen atoms in total. The molecular formula is C13H10ClN3O3. The van der Waals surface area contributed by atoms with Crippen LogP contribution in [0.25, 0.3) is 0 Å². The average Bonchev–Trinajstić information content (AvgIpc) is 2.98. The molecule has 3 rings (SSSR count). The summed E-state index contributed by atoms with van der Waals surface area (Å²) >= 11 is 5.91. The fourth-order valence-corrected chi connectivity index (χ4v) is 2.22. The summed E-state index contributed by atoms with van der Waals surface area (Å²) in [5.74, 6) is -0.314. The van der Waals surface area contributed by atoms with Crippen LogP contribution in [0.3, 0.4) is 0 Å². The number of nitrogens with zero attached hydrogens (tertiary/aromatic N) is 3. The predicted octanol–water partition coefficient (Wildman–Crippen LogP) is 2.01. The fourth-order valence-electron chi connectivity index (χ4n) is 2.06. The van der Waals surface area contributed by atoms with Gasteiger partial charge >= 0.3 is 0 Å². The third kappa shape index (κ3) is 1.98. The van der Waals surface area contributed by atoms with E-state index in [2.05, 4.69) is 10.1 Å². The molecule has 1 aliphatic rings. The Labute approximate surface area is 119 Å². The molecule has 7 heteroatoms. The second-order valence-electron chi connectivity index (χ2n) is 4.34. The molecule has 0 bridgehead atoms. The number of Topliss-reactive ketones (excluding diaryl/α,β-unsaturated/α-hetero) is 1. The summed E-state index contributed by atoms with van der Waals surface area (Å²) in [6, 6.07) is 4.71. The lowest BCUT2D eigenvalue weighted by Crippen LogP contribution is -2.29. The van der Waals surface area contributed by atoms with E-state index in [0.717, 1.165) is 0 Å². The van der Waals surface area contributed by atoms with Gasteiger partial charge in [0.05, 0.1) is 11.3 Å². The normalized spacial score (nSPS) is 14.0. The first-order valence-electron chi connectivity index (χ1n) is 6.07. The molecule has 0 radical (unpaired) electrons. The zero-order valence-electron chi connectivity index (χ0n) is 10.6. The van der Waals surface area contributed by atoms with E-state index in [4.69, 9.17) is 16.1 Å². The number of ketones is 1. The summed E-state index contributed by atoms with van der Waals surface area (Å²) in [5.41, 5.74) is 0.818. The number of halogens is 1. The number of amides is 1. The van der Waals surface area contributed by atoms with Crippen LogP contribution < -0.4 is 4.90 Å². The molecule has 0 saturated heterocycles. The lowest BCUT2D eigenvalue weighted by atomic mass is 10.1. The van der Waals surface area contributed by atoms with E-state index in [0.29, 0.717) is 28.5 Å². The van der Waals surface area contributed by atoms with Gasteiger partial charge in [-0.05, 0) is 18.2 Å². The number of carbonyl (C=O) groups excluding carboxylic acids is 2. The largest absolute Gasteiger partial charge is 0.337 e. The molecule has 0 unspecified atom stereocenters. The van der Waals surface area contributed by atoms with Crippen molar-refractivity contribution >= 4 is 29.0 Å². The molecule has 0 fully saturated rings. The quantitative estimate of drug-likeness (QED) is 0.809. The Morgan fingerprint density at radius 1 is 1.35 bits per heavy atom. The highest BCUT2D eigenvalue weighted by molar-refractivity contribution is 6.52. The summed E-state index contributed by atoms with van der Waals surface area (Å²) in [5, 5.41) is 4.21. The van der Waals surface area contributed by atoms with E-state index in [9.17, 15) is 9.59 Å². The molecule has 1 aromatic heterocycles. The Morgan fingerprint density at radius 2 is 2.15 bits per heavy atom. The molecule has 0 N–H and O–H groups in total. The van der Waals surface area contributed by atoms with Crippen LogP contribution in [0.1, 0.15) is 29.0 Å². The number of hydrogen-bond acceptors (Lipinski definition) is 5. The number of aryl methyl sites for hydroxylation is 1. The van der Waals surface area contributed by atoms with Crippen molar-refractivity contribution in [1.82, 2.24) is 10.1 Å². The molecule has 1 amide bonds. The van der Waals surface area contributed by atoms with Crippen molar-refractivity contribution in [2.24, 2.45) is 0 Å². The summed E-state index contributed by atoms with van der Waals surface area (Å²) in [4.78, 5) is 29.3. The fraction of sp³-hybridized carbons (Fsp3) is 0.231. The van der Waals surface area contributed by atoms with Crippen molar-refractivity contribution in [2.45, 2.75) is 19.9 Å². The maximum atomic E-state index is 12.0. The average molecular weight is 292 g/mol. The molecule has 0 aliphatic carbocycles. The van der Waals surface area contributed by atoms with Gasteiger partial charge in [-0.25, -0.2) is 0 Å². The highest BCUT2D eigenvalue weighted by Gasteiger charge is 2.36. The number of hydrogen-bond donors (Lipinski definition) is 0. The van der Waals surface area contributed by atoms with E-state index in [-0.39, 0.29) is 12.4 Å². The van der Waals surface area contributed by atoms with Gasteiger partial charge in [0, 0.05) is 11.4 Å². The van der Waals surface area contributed by atoms with Crippen LogP contribution >= 0.6 is 11.6 Å². The van der Waals surface area contributed by atoms with Crippen LogP contribution in [0.15, 0.2) is 22.7 Å². The summed E-state index contributed by atoms with van der Waals surface area (Å²) in [6.45, 7) is 1.96. The Kier molecular flexibility index (Phi) is 3.02. The standard InChI is InChI=1S/C13H10ClN3O3/c1-2-10-15-11(20-16-10)6-17-9-5-7(14)3-4-8(9)12(18)13(17)19/h3-5H,2,6H2,1H3. The van der Waals surface area contributed by atoms with Crippen molar-refractivity contribution in [2.75, 3.05) is 4.90 Å².